The van der Waals surface area contributed by atoms with Crippen LogP contribution in [-0.4, -0.2) is 16.9 Å². The van der Waals surface area contributed by atoms with Gasteiger partial charge >= 0.3 is 0 Å². The van der Waals surface area contributed by atoms with Gasteiger partial charge < -0.3 is 4.74 Å². The van der Waals surface area contributed by atoms with Crippen LogP contribution in [0.2, 0.25) is 0 Å². The van der Waals surface area contributed by atoms with E-state index in [1.54, 1.807) is 13.2 Å². The molecule has 104 valence electrons. The summed E-state index contributed by atoms with van der Waals surface area (Å²) < 4.78 is 7.25. The van der Waals surface area contributed by atoms with Crippen molar-refractivity contribution in [1.29, 1.82) is 5.26 Å². The Morgan fingerprint density at radius 2 is 2.10 bits per heavy atom. The molecule has 0 amide bonds. The Morgan fingerprint density at radius 3 is 2.65 bits per heavy atom. The second-order valence-electron chi connectivity index (χ2n) is 4.81. The molecule has 0 radical (unpaired) electrons. The summed E-state index contributed by atoms with van der Waals surface area (Å²) in [7, 11) is 1.58. The van der Waals surface area contributed by atoms with Crippen molar-refractivity contribution in [1.82, 2.24) is 9.78 Å². The quantitative estimate of drug-likeness (QED) is 0.857. The molecule has 4 heteroatoms. The summed E-state index contributed by atoms with van der Waals surface area (Å²) in [5.74, 6) is 0.613. The van der Waals surface area contributed by atoms with Gasteiger partial charge in [0.15, 0.2) is 0 Å². The van der Waals surface area contributed by atoms with E-state index in [-0.39, 0.29) is 0 Å². The minimum absolute atomic E-state index is 0.555. The minimum atomic E-state index is 0.555. The van der Waals surface area contributed by atoms with Gasteiger partial charge in [0.2, 0.25) is 0 Å². The van der Waals surface area contributed by atoms with E-state index < -0.39 is 0 Å². The van der Waals surface area contributed by atoms with Crippen molar-refractivity contribution in [2.45, 2.75) is 33.7 Å². The lowest BCUT2D eigenvalue weighted by molar-refractivity contribution is 0.412. The van der Waals surface area contributed by atoms with Gasteiger partial charge in [-0.25, -0.2) is 0 Å². The SMILES string of the molecule is CCc1c(C)nn(Cc2ccc(C#N)c(OC)c2)c1C. The molecule has 0 N–H and O–H groups in total. The minimum Gasteiger partial charge on any atom is -0.495 e. The molecule has 1 heterocycles. The molecule has 0 unspecified atom stereocenters. The Kier molecular flexibility index (Phi) is 4.09. The van der Waals surface area contributed by atoms with Crippen molar-refractivity contribution in [3.63, 3.8) is 0 Å². The summed E-state index contributed by atoms with van der Waals surface area (Å²) in [5, 5.41) is 13.6. The third-order valence-corrected chi connectivity index (χ3v) is 3.60. The van der Waals surface area contributed by atoms with E-state index in [4.69, 9.17) is 10.00 Å². The average molecular weight is 269 g/mol. The molecule has 0 bridgehead atoms. The molecule has 4 nitrogen and oxygen atoms in total. The Balaban J connectivity index is 2.33. The van der Waals surface area contributed by atoms with Crippen LogP contribution in [0, 0.1) is 25.2 Å². The number of aryl methyl sites for hydroxylation is 1. The fourth-order valence-corrected chi connectivity index (χ4v) is 2.50. The maximum absolute atomic E-state index is 9.00. The second kappa shape index (κ2) is 5.79. The van der Waals surface area contributed by atoms with Crippen LogP contribution >= 0.6 is 0 Å². The molecule has 0 saturated heterocycles. The fraction of sp³-hybridized carbons (Fsp3) is 0.375. The molecule has 0 aliphatic rings. The summed E-state index contributed by atoms with van der Waals surface area (Å²) in [6, 6.07) is 7.77. The molecule has 1 aromatic heterocycles. The van der Waals surface area contributed by atoms with Crippen molar-refractivity contribution in [3.8, 4) is 11.8 Å². The third-order valence-electron chi connectivity index (χ3n) is 3.60. The molecule has 0 atom stereocenters. The van der Waals surface area contributed by atoms with Crippen LogP contribution in [0.3, 0.4) is 0 Å². The molecule has 20 heavy (non-hydrogen) atoms. The molecule has 1 aromatic carbocycles. The van der Waals surface area contributed by atoms with E-state index in [0.717, 1.165) is 17.7 Å². The summed E-state index contributed by atoms with van der Waals surface area (Å²) in [4.78, 5) is 0. The van der Waals surface area contributed by atoms with Gasteiger partial charge in [-0.2, -0.15) is 10.4 Å². The number of benzene rings is 1. The number of hydrogen-bond donors (Lipinski definition) is 0. The molecule has 0 aliphatic heterocycles. The van der Waals surface area contributed by atoms with Crippen molar-refractivity contribution in [2.24, 2.45) is 0 Å². The first-order valence-electron chi connectivity index (χ1n) is 6.70. The highest BCUT2D eigenvalue weighted by atomic mass is 16.5. The molecule has 2 rings (SSSR count). The van der Waals surface area contributed by atoms with Gasteiger partial charge in [0, 0.05) is 5.69 Å². The van der Waals surface area contributed by atoms with Gasteiger partial charge in [-0.15, -0.1) is 0 Å². The largest absolute Gasteiger partial charge is 0.495 e. The maximum atomic E-state index is 9.00. The third kappa shape index (κ3) is 2.53. The monoisotopic (exact) mass is 269 g/mol. The van der Waals surface area contributed by atoms with Gasteiger partial charge in [-0.05, 0) is 43.5 Å². The molecule has 0 aliphatic carbocycles. The van der Waals surface area contributed by atoms with E-state index in [0.29, 0.717) is 17.9 Å². The predicted molar refractivity (Wildman–Crippen MR) is 77.9 cm³/mol. The number of nitrogens with zero attached hydrogens (tertiary/aromatic N) is 3. The summed E-state index contributed by atoms with van der Waals surface area (Å²) in [5.41, 5.74) is 5.23. The first-order chi connectivity index (χ1) is 9.60. The molecular weight excluding hydrogens is 250 g/mol. The highest BCUT2D eigenvalue weighted by molar-refractivity contribution is 5.45. The van der Waals surface area contributed by atoms with Crippen molar-refractivity contribution < 1.29 is 4.74 Å². The van der Waals surface area contributed by atoms with Gasteiger partial charge in [-0.1, -0.05) is 13.0 Å². The van der Waals surface area contributed by atoms with Crippen molar-refractivity contribution >= 4 is 0 Å². The van der Waals surface area contributed by atoms with E-state index in [1.807, 2.05) is 23.7 Å². The number of hydrogen-bond acceptors (Lipinski definition) is 3. The Labute approximate surface area is 119 Å². The predicted octanol–water partition coefficient (Wildman–Crippen LogP) is 2.99. The zero-order chi connectivity index (χ0) is 14.7. The van der Waals surface area contributed by atoms with Crippen LogP contribution in [0.4, 0.5) is 0 Å². The number of aromatic nitrogens is 2. The standard InChI is InChI=1S/C16H19N3O/c1-5-15-11(2)18-19(12(15)3)10-13-6-7-14(9-17)16(8-13)20-4/h6-8H,5,10H2,1-4H3. The van der Waals surface area contributed by atoms with Gasteiger partial charge in [0.05, 0.1) is 24.9 Å². The maximum Gasteiger partial charge on any atom is 0.136 e. The van der Waals surface area contributed by atoms with Gasteiger partial charge in [-0.3, -0.25) is 4.68 Å². The summed E-state index contributed by atoms with van der Waals surface area (Å²) in [6.45, 7) is 6.97. The molecule has 2 aromatic rings. The van der Waals surface area contributed by atoms with E-state index in [2.05, 4.69) is 25.0 Å². The molecule has 0 fully saturated rings. The molecule has 0 saturated carbocycles. The number of methoxy groups -OCH3 is 1. The fourth-order valence-electron chi connectivity index (χ4n) is 2.50. The lowest BCUT2D eigenvalue weighted by Crippen LogP contribution is -2.05. The van der Waals surface area contributed by atoms with Crippen LogP contribution in [0.5, 0.6) is 5.75 Å². The topological polar surface area (TPSA) is 50.8 Å². The van der Waals surface area contributed by atoms with E-state index in [1.165, 1.54) is 11.3 Å². The van der Waals surface area contributed by atoms with Gasteiger partial charge in [0.25, 0.3) is 0 Å². The van der Waals surface area contributed by atoms with Crippen molar-refractivity contribution in [2.75, 3.05) is 7.11 Å². The zero-order valence-corrected chi connectivity index (χ0v) is 12.4. The van der Waals surface area contributed by atoms with Crippen LogP contribution in [0.15, 0.2) is 18.2 Å². The Bertz CT molecular complexity index is 665. The van der Waals surface area contributed by atoms with E-state index in [9.17, 15) is 0 Å². The van der Waals surface area contributed by atoms with Crippen LogP contribution < -0.4 is 4.74 Å². The number of rotatable bonds is 4. The first kappa shape index (κ1) is 14.1. The molecular formula is C16H19N3O. The lowest BCUT2D eigenvalue weighted by atomic mass is 10.1. The van der Waals surface area contributed by atoms with Crippen LogP contribution in [-0.2, 0) is 13.0 Å². The average Bonchev–Trinajstić information content (AvgIpc) is 2.72. The Morgan fingerprint density at radius 1 is 1.35 bits per heavy atom. The second-order valence-corrected chi connectivity index (χ2v) is 4.81. The van der Waals surface area contributed by atoms with Crippen LogP contribution in [0.1, 0.15) is 35.0 Å². The smallest absolute Gasteiger partial charge is 0.136 e. The van der Waals surface area contributed by atoms with Gasteiger partial charge in [0.1, 0.15) is 11.8 Å². The van der Waals surface area contributed by atoms with Crippen LogP contribution in [0.25, 0.3) is 0 Å². The van der Waals surface area contributed by atoms with E-state index >= 15 is 0 Å². The number of ether oxygens (including phenoxy) is 1. The highest BCUT2D eigenvalue weighted by Crippen LogP contribution is 2.21. The summed E-state index contributed by atoms with van der Waals surface area (Å²) >= 11 is 0. The molecule has 0 spiro atoms. The van der Waals surface area contributed by atoms with Crippen molar-refractivity contribution in [3.05, 3.63) is 46.3 Å². The summed E-state index contributed by atoms with van der Waals surface area (Å²) in [6.07, 6.45) is 0.994. The Hall–Kier alpha value is -2.28. The zero-order valence-electron chi connectivity index (χ0n) is 12.4. The lowest BCUT2D eigenvalue weighted by Gasteiger charge is -2.08. The normalized spacial score (nSPS) is 10.3. The highest BCUT2D eigenvalue weighted by Gasteiger charge is 2.11. The number of nitriles is 1. The first-order valence-corrected chi connectivity index (χ1v) is 6.70.